The van der Waals surface area contributed by atoms with E-state index in [2.05, 4.69) is 10.3 Å². The highest BCUT2D eigenvalue weighted by atomic mass is 16.6. The molecule has 108 valence electrons. The summed E-state index contributed by atoms with van der Waals surface area (Å²) in [5.74, 6) is -1.89. The van der Waals surface area contributed by atoms with Crippen LogP contribution in [0.4, 0.5) is 11.5 Å². The molecule has 0 bridgehead atoms. The maximum absolute atomic E-state index is 11.2. The lowest BCUT2D eigenvalue weighted by molar-refractivity contribution is -0.385. The summed E-state index contributed by atoms with van der Waals surface area (Å²) in [6.07, 6.45) is 0.979. The van der Waals surface area contributed by atoms with Gasteiger partial charge in [-0.05, 0) is 0 Å². The van der Waals surface area contributed by atoms with E-state index < -0.39 is 23.4 Å². The number of carbonyl (C=O) groups excluding carboxylic acids is 1. The first kappa shape index (κ1) is 15.3. The molecular formula is C10H12N4O6. The Balaban J connectivity index is 2.67. The number of primary amides is 1. The highest BCUT2D eigenvalue weighted by molar-refractivity contribution is 5.98. The van der Waals surface area contributed by atoms with Gasteiger partial charge in [0.2, 0.25) is 0 Å². The first-order valence-electron chi connectivity index (χ1n) is 5.39. The third kappa shape index (κ3) is 4.49. The van der Waals surface area contributed by atoms with E-state index in [4.69, 9.17) is 15.6 Å². The number of pyridine rings is 1. The van der Waals surface area contributed by atoms with Crippen molar-refractivity contribution in [2.75, 3.05) is 25.1 Å². The zero-order valence-corrected chi connectivity index (χ0v) is 10.2. The number of nitro groups is 1. The van der Waals surface area contributed by atoms with E-state index in [1.54, 1.807) is 0 Å². The van der Waals surface area contributed by atoms with Crippen molar-refractivity contribution in [3.8, 4) is 0 Å². The highest BCUT2D eigenvalue weighted by Crippen LogP contribution is 2.18. The molecule has 10 nitrogen and oxygen atoms in total. The zero-order valence-electron chi connectivity index (χ0n) is 10.2. The van der Waals surface area contributed by atoms with E-state index in [1.165, 1.54) is 0 Å². The van der Waals surface area contributed by atoms with Crippen molar-refractivity contribution in [3.05, 3.63) is 27.9 Å². The van der Waals surface area contributed by atoms with Crippen LogP contribution in [0.2, 0.25) is 0 Å². The lowest BCUT2D eigenvalue weighted by Crippen LogP contribution is -2.19. The van der Waals surface area contributed by atoms with Crippen molar-refractivity contribution in [2.24, 2.45) is 5.73 Å². The predicted octanol–water partition coefficient (Wildman–Crippen LogP) is -0.398. The summed E-state index contributed by atoms with van der Waals surface area (Å²) in [4.78, 5) is 35.0. The number of carbonyl (C=O) groups is 2. The van der Waals surface area contributed by atoms with Gasteiger partial charge < -0.3 is 20.9 Å². The summed E-state index contributed by atoms with van der Waals surface area (Å²) in [5.41, 5.74) is 4.62. The van der Waals surface area contributed by atoms with Crippen LogP contribution in [0, 0.1) is 10.1 Å². The lowest BCUT2D eigenvalue weighted by Gasteiger charge is -2.08. The maximum atomic E-state index is 11.2. The second-order valence-electron chi connectivity index (χ2n) is 3.58. The number of aromatic nitrogens is 1. The minimum atomic E-state index is -1.10. The van der Waals surface area contributed by atoms with Gasteiger partial charge in [0, 0.05) is 12.6 Å². The van der Waals surface area contributed by atoms with E-state index in [1.807, 2.05) is 0 Å². The quantitative estimate of drug-likeness (QED) is 0.330. The molecule has 4 N–H and O–H groups in total. The average molecular weight is 284 g/mol. The molecule has 1 aromatic rings. The summed E-state index contributed by atoms with van der Waals surface area (Å²) in [7, 11) is 0. The number of ether oxygens (including phenoxy) is 1. The van der Waals surface area contributed by atoms with Crippen molar-refractivity contribution in [1.82, 2.24) is 4.98 Å². The molecule has 10 heteroatoms. The number of nitrogens with one attached hydrogen (secondary N) is 1. The molecule has 0 aliphatic rings. The van der Waals surface area contributed by atoms with Crippen LogP contribution in [0.5, 0.6) is 0 Å². The number of carboxylic acid groups (broad SMARTS) is 1. The minimum Gasteiger partial charge on any atom is -0.480 e. The van der Waals surface area contributed by atoms with Gasteiger partial charge in [-0.25, -0.2) is 9.78 Å². The third-order valence-electron chi connectivity index (χ3n) is 2.11. The molecule has 0 atom stereocenters. The van der Waals surface area contributed by atoms with Gasteiger partial charge in [0.1, 0.15) is 18.6 Å². The number of amides is 1. The van der Waals surface area contributed by atoms with Crippen LogP contribution >= 0.6 is 0 Å². The molecule has 1 rings (SSSR count). The highest BCUT2D eigenvalue weighted by Gasteiger charge is 2.15. The van der Waals surface area contributed by atoms with Crippen LogP contribution in [0.3, 0.4) is 0 Å². The lowest BCUT2D eigenvalue weighted by atomic mass is 10.2. The first-order chi connectivity index (χ1) is 9.41. The Morgan fingerprint density at radius 2 is 2.25 bits per heavy atom. The Labute approximate surface area is 112 Å². The molecule has 0 spiro atoms. The summed E-state index contributed by atoms with van der Waals surface area (Å²) in [6.45, 7) is -0.223. The average Bonchev–Trinajstić information content (AvgIpc) is 2.37. The van der Waals surface area contributed by atoms with Crippen molar-refractivity contribution >= 4 is 23.4 Å². The van der Waals surface area contributed by atoms with Crippen LogP contribution in [0.1, 0.15) is 10.4 Å². The van der Waals surface area contributed by atoms with Crippen molar-refractivity contribution in [3.63, 3.8) is 0 Å². The number of nitrogens with two attached hydrogens (primary N) is 1. The number of aliphatic carboxylic acids is 1. The van der Waals surface area contributed by atoms with Gasteiger partial charge in [-0.15, -0.1) is 0 Å². The van der Waals surface area contributed by atoms with Crippen molar-refractivity contribution in [1.29, 1.82) is 0 Å². The Kier molecular flexibility index (Phi) is 5.35. The van der Waals surface area contributed by atoms with Gasteiger partial charge in [-0.3, -0.25) is 14.9 Å². The van der Waals surface area contributed by atoms with Gasteiger partial charge in [0.15, 0.2) is 0 Å². The van der Waals surface area contributed by atoms with Gasteiger partial charge in [0.05, 0.1) is 17.1 Å². The smallest absolute Gasteiger partial charge is 0.329 e. The van der Waals surface area contributed by atoms with Gasteiger partial charge in [-0.1, -0.05) is 0 Å². The fourth-order valence-corrected chi connectivity index (χ4v) is 1.28. The SMILES string of the molecule is NC(=O)c1cc([N+](=O)[O-])cnc1NCCOCC(=O)O. The number of hydrogen-bond donors (Lipinski definition) is 3. The molecule has 0 unspecified atom stereocenters. The fraction of sp³-hybridized carbons (Fsp3) is 0.300. The van der Waals surface area contributed by atoms with E-state index in [0.717, 1.165) is 12.3 Å². The molecule has 0 saturated carbocycles. The first-order valence-corrected chi connectivity index (χ1v) is 5.39. The van der Waals surface area contributed by atoms with Crippen LogP contribution in [-0.4, -0.2) is 46.6 Å². The largest absolute Gasteiger partial charge is 0.480 e. The summed E-state index contributed by atoms with van der Waals surface area (Å²) >= 11 is 0. The van der Waals surface area contributed by atoms with Gasteiger partial charge >= 0.3 is 5.97 Å². The molecule has 1 amide bonds. The summed E-state index contributed by atoms with van der Waals surface area (Å²) < 4.78 is 4.76. The molecule has 1 heterocycles. The molecule has 0 aromatic carbocycles. The monoisotopic (exact) mass is 284 g/mol. The summed E-state index contributed by atoms with van der Waals surface area (Å²) in [6, 6.07) is 1.01. The Morgan fingerprint density at radius 3 is 2.80 bits per heavy atom. The number of rotatable bonds is 8. The Hall–Kier alpha value is -2.75. The Morgan fingerprint density at radius 1 is 1.55 bits per heavy atom. The second kappa shape index (κ2) is 6.99. The van der Waals surface area contributed by atoms with E-state index in [-0.39, 0.29) is 30.2 Å². The topological polar surface area (TPSA) is 158 Å². The summed E-state index contributed by atoms with van der Waals surface area (Å²) in [5, 5.41) is 21.6. The molecular weight excluding hydrogens is 272 g/mol. The molecule has 0 aliphatic carbocycles. The molecule has 20 heavy (non-hydrogen) atoms. The van der Waals surface area contributed by atoms with E-state index >= 15 is 0 Å². The normalized spacial score (nSPS) is 10.0. The van der Waals surface area contributed by atoms with E-state index in [0.29, 0.717) is 0 Å². The minimum absolute atomic E-state index is 0.0587. The van der Waals surface area contributed by atoms with Crippen molar-refractivity contribution < 1.29 is 24.4 Å². The predicted molar refractivity (Wildman–Crippen MR) is 66.4 cm³/mol. The number of anilines is 1. The number of carboxylic acids is 1. The second-order valence-corrected chi connectivity index (χ2v) is 3.58. The van der Waals surface area contributed by atoms with Crippen LogP contribution in [0.15, 0.2) is 12.3 Å². The molecule has 0 fully saturated rings. The zero-order chi connectivity index (χ0) is 15.1. The maximum Gasteiger partial charge on any atom is 0.329 e. The number of hydrogen-bond acceptors (Lipinski definition) is 7. The van der Waals surface area contributed by atoms with E-state index in [9.17, 15) is 19.7 Å². The van der Waals surface area contributed by atoms with Crippen molar-refractivity contribution in [2.45, 2.75) is 0 Å². The van der Waals surface area contributed by atoms with Crippen LogP contribution in [-0.2, 0) is 9.53 Å². The molecule has 0 radical (unpaired) electrons. The Bertz CT molecular complexity index is 532. The van der Waals surface area contributed by atoms with Crippen LogP contribution < -0.4 is 11.1 Å². The molecule has 0 saturated heterocycles. The van der Waals surface area contributed by atoms with Crippen LogP contribution in [0.25, 0.3) is 0 Å². The fourth-order valence-electron chi connectivity index (χ4n) is 1.28. The number of nitrogens with zero attached hydrogens (tertiary/aromatic N) is 2. The third-order valence-corrected chi connectivity index (χ3v) is 2.11. The standard InChI is InChI=1S/C10H12N4O6/c11-9(17)7-3-6(14(18)19)4-13-10(7)12-1-2-20-5-8(15)16/h3-4H,1-2,5H2,(H2,11,17)(H,12,13)(H,15,16). The van der Waals surface area contributed by atoms with Gasteiger partial charge in [0.25, 0.3) is 11.6 Å². The van der Waals surface area contributed by atoms with Gasteiger partial charge in [-0.2, -0.15) is 0 Å². The molecule has 0 aliphatic heterocycles. The molecule has 1 aromatic heterocycles.